The molecule has 0 atom stereocenters. The first kappa shape index (κ1) is 11.0. The molecule has 0 bridgehead atoms. The van der Waals surface area contributed by atoms with Crippen molar-refractivity contribution in [3.8, 4) is 0 Å². The fourth-order valence-electron chi connectivity index (χ4n) is 1.27. The highest BCUT2D eigenvalue weighted by Crippen LogP contribution is 2.18. The van der Waals surface area contributed by atoms with Crippen molar-refractivity contribution in [2.24, 2.45) is 0 Å². The first-order valence-corrected chi connectivity index (χ1v) is 4.19. The lowest BCUT2D eigenvalue weighted by Gasteiger charge is -1.99. The lowest BCUT2D eigenvalue weighted by atomic mass is 10.1. The average molecular weight is 227 g/mol. The van der Waals surface area contributed by atoms with Crippen LogP contribution >= 0.6 is 11.6 Å². The van der Waals surface area contributed by atoms with Gasteiger partial charge in [0.25, 0.3) is 5.24 Å². The highest BCUT2D eigenvalue weighted by molar-refractivity contribution is 6.68. The number of carbonyl (C=O) groups is 1. The molecule has 0 N–H and O–H groups in total. The molecule has 0 spiro atoms. The van der Waals surface area contributed by atoms with E-state index < -0.39 is 5.24 Å². The van der Waals surface area contributed by atoms with Crippen LogP contribution in [0.5, 0.6) is 0 Å². The Morgan fingerprint density at radius 2 is 1.93 bits per heavy atom. The Balaban J connectivity index is 0.000000980. The van der Waals surface area contributed by atoms with E-state index in [1.165, 1.54) is 6.20 Å². The van der Waals surface area contributed by atoms with E-state index in [-0.39, 0.29) is 12.4 Å². The smallest absolute Gasteiger partial charge is 0.254 e. The first-order valence-electron chi connectivity index (χ1n) is 3.81. The van der Waals surface area contributed by atoms with Crippen LogP contribution in [0.3, 0.4) is 0 Å². The van der Waals surface area contributed by atoms with Gasteiger partial charge in [0.05, 0.1) is 5.56 Å². The van der Waals surface area contributed by atoms with E-state index in [0.717, 1.165) is 10.8 Å². The van der Waals surface area contributed by atoms with E-state index in [2.05, 4.69) is 4.98 Å². The summed E-state index contributed by atoms with van der Waals surface area (Å²) in [5.74, 6) is 0. The number of hydrogen-bond acceptors (Lipinski definition) is 2. The Morgan fingerprint density at radius 1 is 1.21 bits per heavy atom. The number of halogens is 2. The van der Waals surface area contributed by atoms with Gasteiger partial charge in [0.15, 0.2) is 0 Å². The SMILES string of the molecule is O=C(Cl)c1cncc2ccccc12.[Cl-]. The predicted molar refractivity (Wildman–Crippen MR) is 51.9 cm³/mol. The number of nitrogens with zero attached hydrogens (tertiary/aromatic N) is 1. The molecular formula is C10H6Cl2NO-. The molecule has 2 nitrogen and oxygen atoms in total. The largest absolute Gasteiger partial charge is 1.00 e. The molecule has 0 aliphatic carbocycles. The summed E-state index contributed by atoms with van der Waals surface area (Å²) in [5, 5.41) is 1.30. The molecule has 1 heterocycles. The number of pyridine rings is 1. The summed E-state index contributed by atoms with van der Waals surface area (Å²) in [6.07, 6.45) is 3.19. The number of fused-ring (bicyclic) bond motifs is 1. The van der Waals surface area contributed by atoms with Gasteiger partial charge in [0.2, 0.25) is 0 Å². The Bertz CT molecular complexity index is 465. The maximum Gasteiger partial charge on any atom is 0.254 e. The molecule has 0 aliphatic rings. The van der Waals surface area contributed by atoms with Crippen LogP contribution in [0.2, 0.25) is 0 Å². The quantitative estimate of drug-likeness (QED) is 0.621. The first-order chi connectivity index (χ1) is 6.29. The number of carbonyl (C=O) groups excluding carboxylic acids is 1. The molecule has 1 aromatic carbocycles. The summed E-state index contributed by atoms with van der Waals surface area (Å²) >= 11 is 5.40. The molecule has 4 heteroatoms. The highest BCUT2D eigenvalue weighted by Gasteiger charge is 2.06. The highest BCUT2D eigenvalue weighted by atomic mass is 35.5. The van der Waals surface area contributed by atoms with E-state index in [0.29, 0.717) is 5.56 Å². The monoisotopic (exact) mass is 226 g/mol. The maximum absolute atomic E-state index is 11.0. The van der Waals surface area contributed by atoms with Crippen LogP contribution in [0.1, 0.15) is 10.4 Å². The van der Waals surface area contributed by atoms with E-state index in [4.69, 9.17) is 11.6 Å². The van der Waals surface area contributed by atoms with Gasteiger partial charge in [-0.05, 0) is 17.0 Å². The predicted octanol–water partition coefficient (Wildman–Crippen LogP) is -0.382. The zero-order chi connectivity index (χ0) is 9.26. The van der Waals surface area contributed by atoms with Gasteiger partial charge in [0.1, 0.15) is 0 Å². The van der Waals surface area contributed by atoms with Crippen LogP contribution in [-0.2, 0) is 0 Å². The molecule has 0 saturated heterocycles. The fraction of sp³-hybridized carbons (Fsp3) is 0. The summed E-state index contributed by atoms with van der Waals surface area (Å²) in [5.41, 5.74) is 0.458. The van der Waals surface area contributed by atoms with Crippen LogP contribution < -0.4 is 12.4 Å². The molecule has 2 aromatic rings. The minimum atomic E-state index is -0.468. The van der Waals surface area contributed by atoms with Crippen molar-refractivity contribution < 1.29 is 17.2 Å². The van der Waals surface area contributed by atoms with Gasteiger partial charge in [0, 0.05) is 17.8 Å². The fourth-order valence-corrected chi connectivity index (χ4v) is 1.42. The molecule has 1 aromatic heterocycles. The van der Waals surface area contributed by atoms with Crippen LogP contribution in [0.15, 0.2) is 36.7 Å². The van der Waals surface area contributed by atoms with Gasteiger partial charge in [-0.1, -0.05) is 24.3 Å². The van der Waals surface area contributed by atoms with Crippen molar-refractivity contribution in [2.45, 2.75) is 0 Å². The van der Waals surface area contributed by atoms with Gasteiger partial charge in [-0.25, -0.2) is 0 Å². The van der Waals surface area contributed by atoms with Crippen LogP contribution in [0, 0.1) is 0 Å². The summed E-state index contributed by atoms with van der Waals surface area (Å²) in [6.45, 7) is 0. The van der Waals surface area contributed by atoms with Crippen molar-refractivity contribution in [1.82, 2.24) is 4.98 Å². The summed E-state index contributed by atoms with van der Waals surface area (Å²) in [7, 11) is 0. The average Bonchev–Trinajstić information content (AvgIpc) is 2.17. The number of hydrogen-bond donors (Lipinski definition) is 0. The van der Waals surface area contributed by atoms with Gasteiger partial charge >= 0.3 is 0 Å². The second-order valence-electron chi connectivity index (χ2n) is 2.68. The van der Waals surface area contributed by atoms with Crippen LogP contribution in [0.4, 0.5) is 0 Å². The molecule has 14 heavy (non-hydrogen) atoms. The van der Waals surface area contributed by atoms with Gasteiger partial charge < -0.3 is 12.4 Å². The van der Waals surface area contributed by atoms with Gasteiger partial charge in [-0.3, -0.25) is 9.78 Å². The number of aromatic nitrogens is 1. The van der Waals surface area contributed by atoms with E-state index in [1.54, 1.807) is 6.20 Å². The van der Waals surface area contributed by atoms with Crippen LogP contribution in [-0.4, -0.2) is 10.2 Å². The molecule has 0 aliphatic heterocycles. The number of benzene rings is 1. The third-order valence-electron chi connectivity index (χ3n) is 1.88. The van der Waals surface area contributed by atoms with Crippen molar-refractivity contribution in [1.29, 1.82) is 0 Å². The van der Waals surface area contributed by atoms with E-state index >= 15 is 0 Å². The van der Waals surface area contributed by atoms with Gasteiger partial charge in [-0.15, -0.1) is 0 Å². The molecule has 72 valence electrons. The Hall–Kier alpha value is -1.12. The Morgan fingerprint density at radius 3 is 2.64 bits per heavy atom. The van der Waals surface area contributed by atoms with Crippen molar-refractivity contribution in [2.75, 3.05) is 0 Å². The molecular weight excluding hydrogens is 221 g/mol. The maximum atomic E-state index is 11.0. The molecule has 2 rings (SSSR count). The van der Waals surface area contributed by atoms with Crippen LogP contribution in [0.25, 0.3) is 10.8 Å². The van der Waals surface area contributed by atoms with Crippen molar-refractivity contribution in [3.63, 3.8) is 0 Å². The van der Waals surface area contributed by atoms with Gasteiger partial charge in [-0.2, -0.15) is 0 Å². The third kappa shape index (κ3) is 1.86. The standard InChI is InChI=1S/C10H6ClNO.ClH/c11-10(13)9-6-12-5-7-3-1-2-4-8(7)9;/h1-6H;1H/p-1. The molecule has 0 saturated carbocycles. The summed E-state index contributed by atoms with van der Waals surface area (Å²) in [6, 6.07) is 7.51. The lowest BCUT2D eigenvalue weighted by Crippen LogP contribution is -3.00. The minimum Gasteiger partial charge on any atom is -1.00 e. The third-order valence-corrected chi connectivity index (χ3v) is 2.08. The summed E-state index contributed by atoms with van der Waals surface area (Å²) in [4.78, 5) is 14.9. The number of rotatable bonds is 1. The zero-order valence-electron chi connectivity index (χ0n) is 7.08. The van der Waals surface area contributed by atoms with Crippen molar-refractivity contribution in [3.05, 3.63) is 42.2 Å². The lowest BCUT2D eigenvalue weighted by molar-refractivity contribution is -0.00000957. The normalized spacial score (nSPS) is 9.50. The molecule has 0 radical (unpaired) electrons. The zero-order valence-corrected chi connectivity index (χ0v) is 8.59. The van der Waals surface area contributed by atoms with E-state index in [1.807, 2.05) is 24.3 Å². The molecule has 0 amide bonds. The minimum absolute atomic E-state index is 0. The molecule has 0 fully saturated rings. The topological polar surface area (TPSA) is 30.0 Å². The Kier molecular flexibility index (Phi) is 3.44. The second kappa shape index (κ2) is 4.40. The second-order valence-corrected chi connectivity index (χ2v) is 3.03. The van der Waals surface area contributed by atoms with E-state index in [9.17, 15) is 4.79 Å². The van der Waals surface area contributed by atoms with Crippen molar-refractivity contribution >= 4 is 27.6 Å². The Labute approximate surface area is 92.3 Å². The summed E-state index contributed by atoms with van der Waals surface area (Å²) < 4.78 is 0. The molecule has 0 unspecified atom stereocenters.